The van der Waals surface area contributed by atoms with Crippen LogP contribution in [-0.2, 0) is 6.42 Å². The lowest BCUT2D eigenvalue weighted by atomic mass is 10.1. The summed E-state index contributed by atoms with van der Waals surface area (Å²) < 4.78 is 27.4. The Hall–Kier alpha value is -2.11. The Kier molecular flexibility index (Phi) is 2.71. The van der Waals surface area contributed by atoms with Gasteiger partial charge in [0.1, 0.15) is 23.2 Å². The Bertz CT molecular complexity index is 543. The first-order valence-electron chi connectivity index (χ1n) is 5.11. The van der Waals surface area contributed by atoms with E-state index in [2.05, 4.69) is 4.98 Å². The summed E-state index contributed by atoms with van der Waals surface area (Å²) >= 11 is 0. The molecule has 0 aliphatic carbocycles. The Morgan fingerprint density at radius 1 is 1.24 bits per heavy atom. The number of benzene rings is 1. The van der Waals surface area contributed by atoms with Crippen LogP contribution in [0.5, 0.6) is 0 Å². The molecule has 1 heterocycles. The van der Waals surface area contributed by atoms with Crippen LogP contribution >= 0.6 is 0 Å². The lowest BCUT2D eigenvalue weighted by Crippen LogP contribution is -2.14. The van der Waals surface area contributed by atoms with E-state index in [1.165, 1.54) is 16.8 Å². The fourth-order valence-corrected chi connectivity index (χ4v) is 1.65. The largest absolute Gasteiger partial charge is 0.382 e. The molecular formula is C11H12F2N4. The van der Waals surface area contributed by atoms with E-state index in [0.717, 1.165) is 6.07 Å². The van der Waals surface area contributed by atoms with Crippen molar-refractivity contribution in [1.29, 1.82) is 0 Å². The Morgan fingerprint density at radius 2 is 1.82 bits per heavy atom. The first-order chi connectivity index (χ1) is 8.02. The van der Waals surface area contributed by atoms with Crippen molar-refractivity contribution in [3.63, 3.8) is 0 Å². The van der Waals surface area contributed by atoms with Crippen molar-refractivity contribution in [1.82, 2.24) is 9.66 Å². The van der Waals surface area contributed by atoms with Crippen LogP contribution in [-0.4, -0.2) is 9.66 Å². The lowest BCUT2D eigenvalue weighted by Gasteiger charge is -2.01. The zero-order valence-electron chi connectivity index (χ0n) is 9.24. The van der Waals surface area contributed by atoms with Crippen molar-refractivity contribution in [2.45, 2.75) is 13.3 Å². The summed E-state index contributed by atoms with van der Waals surface area (Å²) in [6.45, 7) is 1.86. The first-order valence-corrected chi connectivity index (χ1v) is 5.11. The molecule has 0 aliphatic heterocycles. The molecule has 0 spiro atoms. The van der Waals surface area contributed by atoms with Crippen LogP contribution in [0.25, 0.3) is 11.3 Å². The third kappa shape index (κ3) is 1.93. The van der Waals surface area contributed by atoms with Crippen LogP contribution in [0.15, 0.2) is 18.2 Å². The topological polar surface area (TPSA) is 69.9 Å². The van der Waals surface area contributed by atoms with E-state index in [9.17, 15) is 8.78 Å². The van der Waals surface area contributed by atoms with E-state index >= 15 is 0 Å². The maximum absolute atomic E-state index is 13.1. The highest BCUT2D eigenvalue weighted by Gasteiger charge is 2.14. The van der Waals surface area contributed by atoms with Crippen LogP contribution in [0.4, 0.5) is 14.6 Å². The van der Waals surface area contributed by atoms with Crippen LogP contribution in [0.1, 0.15) is 12.7 Å². The summed E-state index contributed by atoms with van der Waals surface area (Å²) in [6, 6.07) is 3.13. The van der Waals surface area contributed by atoms with E-state index in [0.29, 0.717) is 17.9 Å². The normalized spacial score (nSPS) is 10.8. The molecular weight excluding hydrogens is 226 g/mol. The summed E-state index contributed by atoms with van der Waals surface area (Å²) in [4.78, 5) is 4.16. The second-order valence-corrected chi connectivity index (χ2v) is 3.64. The maximum atomic E-state index is 13.1. The number of rotatable bonds is 2. The second-order valence-electron chi connectivity index (χ2n) is 3.64. The zero-order valence-corrected chi connectivity index (χ0v) is 9.24. The average molecular weight is 238 g/mol. The van der Waals surface area contributed by atoms with Gasteiger partial charge in [0.25, 0.3) is 0 Å². The summed E-state index contributed by atoms with van der Waals surface area (Å²) in [7, 11) is 0. The molecule has 0 atom stereocenters. The van der Waals surface area contributed by atoms with E-state index in [1.54, 1.807) is 0 Å². The van der Waals surface area contributed by atoms with E-state index in [-0.39, 0.29) is 11.4 Å². The van der Waals surface area contributed by atoms with Crippen molar-refractivity contribution >= 4 is 5.82 Å². The number of aromatic nitrogens is 2. The Morgan fingerprint density at radius 3 is 2.29 bits per heavy atom. The van der Waals surface area contributed by atoms with Crippen molar-refractivity contribution in [3.8, 4) is 11.3 Å². The molecule has 90 valence electrons. The molecule has 6 heteroatoms. The molecule has 1 aromatic carbocycles. The predicted octanol–water partition coefficient (Wildman–Crippen LogP) is 1.69. The molecule has 0 unspecified atom stereocenters. The summed E-state index contributed by atoms with van der Waals surface area (Å²) in [6.07, 6.45) is 0.582. The summed E-state index contributed by atoms with van der Waals surface area (Å²) in [5.41, 5.74) is 6.31. The van der Waals surface area contributed by atoms with Gasteiger partial charge in [-0.05, 0) is 12.1 Å². The van der Waals surface area contributed by atoms with E-state index in [4.69, 9.17) is 11.6 Å². The molecule has 2 rings (SSSR count). The molecule has 4 N–H and O–H groups in total. The van der Waals surface area contributed by atoms with Crippen LogP contribution in [0, 0.1) is 11.6 Å². The number of aryl methyl sites for hydroxylation is 1. The third-order valence-electron chi connectivity index (χ3n) is 2.47. The maximum Gasteiger partial charge on any atom is 0.150 e. The Labute approximate surface area is 96.8 Å². The Balaban J connectivity index is 2.60. The van der Waals surface area contributed by atoms with Crippen molar-refractivity contribution in [2.24, 2.45) is 0 Å². The molecule has 0 radical (unpaired) electrons. The average Bonchev–Trinajstić information content (AvgIpc) is 2.54. The van der Waals surface area contributed by atoms with Gasteiger partial charge >= 0.3 is 0 Å². The smallest absolute Gasteiger partial charge is 0.150 e. The molecule has 0 aliphatic rings. The molecule has 4 nitrogen and oxygen atoms in total. The molecule has 2 aromatic rings. The third-order valence-corrected chi connectivity index (χ3v) is 2.47. The number of nitrogens with two attached hydrogens (primary N) is 2. The van der Waals surface area contributed by atoms with E-state index in [1.807, 2.05) is 6.92 Å². The van der Waals surface area contributed by atoms with Crippen molar-refractivity contribution in [3.05, 3.63) is 35.7 Å². The predicted molar refractivity (Wildman–Crippen MR) is 61.5 cm³/mol. The van der Waals surface area contributed by atoms with Gasteiger partial charge in [-0.25, -0.2) is 18.4 Å². The number of hydrogen-bond donors (Lipinski definition) is 2. The van der Waals surface area contributed by atoms with Crippen molar-refractivity contribution in [2.75, 3.05) is 11.6 Å². The molecule has 0 saturated heterocycles. The number of nitrogen functional groups attached to an aromatic ring is 2. The van der Waals surface area contributed by atoms with Gasteiger partial charge in [0.05, 0.1) is 0 Å². The quantitative estimate of drug-likeness (QED) is 0.782. The van der Waals surface area contributed by atoms with Crippen molar-refractivity contribution < 1.29 is 8.78 Å². The van der Waals surface area contributed by atoms with E-state index < -0.39 is 11.6 Å². The number of hydrogen-bond acceptors (Lipinski definition) is 3. The number of nitrogens with zero attached hydrogens (tertiary/aromatic N) is 2. The van der Waals surface area contributed by atoms with Gasteiger partial charge in [0.2, 0.25) is 0 Å². The van der Waals surface area contributed by atoms with Crippen LogP contribution < -0.4 is 11.6 Å². The second kappa shape index (κ2) is 4.04. The van der Waals surface area contributed by atoms with Gasteiger partial charge in [-0.3, -0.25) is 0 Å². The van der Waals surface area contributed by atoms with Crippen LogP contribution in [0.3, 0.4) is 0 Å². The molecule has 0 amide bonds. The zero-order chi connectivity index (χ0) is 12.6. The standard InChI is InChI=1S/C11H12F2N4/c1-2-9-16-10(11(14)17(9)15)6-3-7(12)5-8(13)4-6/h3-5H,2,14-15H2,1H3. The molecule has 1 aromatic heterocycles. The SMILES string of the molecule is CCc1nc(-c2cc(F)cc(F)c2)c(N)n1N. The fourth-order valence-electron chi connectivity index (χ4n) is 1.65. The minimum Gasteiger partial charge on any atom is -0.382 e. The highest BCUT2D eigenvalue weighted by molar-refractivity contribution is 5.71. The van der Waals surface area contributed by atoms with Gasteiger partial charge in [0.15, 0.2) is 5.82 Å². The number of anilines is 1. The molecule has 17 heavy (non-hydrogen) atoms. The van der Waals surface area contributed by atoms with Gasteiger partial charge in [-0.1, -0.05) is 6.92 Å². The van der Waals surface area contributed by atoms with Gasteiger partial charge < -0.3 is 11.6 Å². The molecule has 0 fully saturated rings. The monoisotopic (exact) mass is 238 g/mol. The fraction of sp³-hybridized carbons (Fsp3) is 0.182. The molecule has 0 saturated carbocycles. The number of halogens is 2. The van der Waals surface area contributed by atoms with Gasteiger partial charge in [-0.15, -0.1) is 0 Å². The van der Waals surface area contributed by atoms with Gasteiger partial charge in [0, 0.05) is 18.1 Å². The highest BCUT2D eigenvalue weighted by atomic mass is 19.1. The first kappa shape index (κ1) is 11.4. The number of imidazole rings is 1. The molecule has 0 bridgehead atoms. The lowest BCUT2D eigenvalue weighted by molar-refractivity contribution is 0.584. The van der Waals surface area contributed by atoms with Gasteiger partial charge in [-0.2, -0.15) is 0 Å². The van der Waals surface area contributed by atoms with Crippen LogP contribution in [0.2, 0.25) is 0 Å². The summed E-state index contributed by atoms with van der Waals surface area (Å²) in [5.74, 6) is 5.06. The minimum absolute atomic E-state index is 0.187. The summed E-state index contributed by atoms with van der Waals surface area (Å²) in [5, 5.41) is 0. The minimum atomic E-state index is -0.677. The highest BCUT2D eigenvalue weighted by Crippen LogP contribution is 2.26.